The van der Waals surface area contributed by atoms with Crippen LogP contribution < -0.4 is 4.74 Å². The number of rotatable bonds is 13. The molecule has 0 radical (unpaired) electrons. The molecule has 4 nitrogen and oxygen atoms in total. The number of nitrogens with zero attached hydrogens (tertiary/aromatic N) is 2. The van der Waals surface area contributed by atoms with Crippen molar-refractivity contribution in [3.05, 3.63) is 66.2 Å². The lowest BCUT2D eigenvalue weighted by molar-refractivity contribution is 0.415. The van der Waals surface area contributed by atoms with E-state index in [1.807, 2.05) is 60.7 Å². The number of methoxy groups -OCH3 is 1. The van der Waals surface area contributed by atoms with Crippen LogP contribution >= 0.6 is 11.8 Å². The third-order valence-electron chi connectivity index (χ3n) is 5.62. The third-order valence-corrected chi connectivity index (χ3v) is 8.46. The van der Waals surface area contributed by atoms with Gasteiger partial charge in [0.15, 0.2) is 0 Å². The van der Waals surface area contributed by atoms with Gasteiger partial charge in [0.25, 0.3) is 0 Å². The van der Waals surface area contributed by atoms with Crippen LogP contribution in [0.25, 0.3) is 22.4 Å². The van der Waals surface area contributed by atoms with Gasteiger partial charge in [-0.3, -0.25) is 4.21 Å². The normalized spacial score (nSPS) is 11.7. The molecule has 34 heavy (non-hydrogen) atoms. The number of pyridine rings is 1. The Morgan fingerprint density at radius 3 is 2.35 bits per heavy atom. The second-order valence-corrected chi connectivity index (χ2v) is 11.0. The van der Waals surface area contributed by atoms with Crippen molar-refractivity contribution in [1.82, 2.24) is 4.98 Å². The number of hydrogen-bond donors (Lipinski definition) is 0. The molecule has 0 aliphatic carbocycles. The van der Waals surface area contributed by atoms with Gasteiger partial charge in [-0.05, 0) is 42.3 Å². The van der Waals surface area contributed by atoms with Crippen LogP contribution in [0.2, 0.25) is 0 Å². The fourth-order valence-corrected chi connectivity index (χ4v) is 6.15. The predicted octanol–water partition coefficient (Wildman–Crippen LogP) is 7.45. The molecular weight excluding hydrogens is 460 g/mol. The fourth-order valence-electron chi connectivity index (χ4n) is 3.71. The Morgan fingerprint density at radius 2 is 1.68 bits per heavy atom. The Labute approximate surface area is 210 Å². The molecule has 0 aliphatic heterocycles. The molecule has 0 N–H and O–H groups in total. The van der Waals surface area contributed by atoms with E-state index in [0.29, 0.717) is 21.4 Å². The first-order valence-electron chi connectivity index (χ1n) is 11.8. The van der Waals surface area contributed by atoms with E-state index in [1.54, 1.807) is 7.11 Å². The van der Waals surface area contributed by atoms with E-state index in [0.717, 1.165) is 41.0 Å². The molecule has 0 saturated carbocycles. The zero-order valence-electron chi connectivity index (χ0n) is 20.0. The quantitative estimate of drug-likeness (QED) is 0.183. The predicted molar refractivity (Wildman–Crippen MR) is 143 cm³/mol. The minimum absolute atomic E-state index is 0.441. The number of ether oxygens (including phenoxy) is 1. The van der Waals surface area contributed by atoms with Gasteiger partial charge in [-0.25, -0.2) is 4.98 Å². The fraction of sp³-hybridized carbons (Fsp3) is 0.357. The van der Waals surface area contributed by atoms with E-state index in [4.69, 9.17) is 9.72 Å². The molecule has 178 valence electrons. The summed E-state index contributed by atoms with van der Waals surface area (Å²) >= 11 is 1.42. The second kappa shape index (κ2) is 13.9. The zero-order valence-corrected chi connectivity index (χ0v) is 21.6. The molecule has 6 heteroatoms. The lowest BCUT2D eigenvalue weighted by Gasteiger charge is -2.13. The van der Waals surface area contributed by atoms with Gasteiger partial charge in [-0.2, -0.15) is 5.26 Å². The SMILES string of the molecule is CCCCCCCCS(=O)CSc1nc(-c2ccc(OC)cc2)cc(-c2ccccc2)c1C#N. The smallest absolute Gasteiger partial charge is 0.118 e. The maximum Gasteiger partial charge on any atom is 0.118 e. The first kappa shape index (κ1) is 26.0. The topological polar surface area (TPSA) is 63.0 Å². The van der Waals surface area contributed by atoms with Gasteiger partial charge >= 0.3 is 0 Å². The molecular formula is C28H32N2O2S2. The van der Waals surface area contributed by atoms with Gasteiger partial charge < -0.3 is 4.74 Å². The number of thioether (sulfide) groups is 1. The Morgan fingerprint density at radius 1 is 0.971 bits per heavy atom. The van der Waals surface area contributed by atoms with Gasteiger partial charge in [0.05, 0.1) is 23.5 Å². The summed E-state index contributed by atoms with van der Waals surface area (Å²) in [4.78, 5) is 4.82. The van der Waals surface area contributed by atoms with Crippen molar-refractivity contribution in [2.24, 2.45) is 0 Å². The van der Waals surface area contributed by atoms with E-state index >= 15 is 0 Å². The molecule has 0 amide bonds. The molecule has 1 heterocycles. The van der Waals surface area contributed by atoms with Crippen LogP contribution in [0.1, 0.15) is 51.0 Å². The van der Waals surface area contributed by atoms with Gasteiger partial charge in [-0.1, -0.05) is 81.1 Å². The lowest BCUT2D eigenvalue weighted by Crippen LogP contribution is -2.02. The summed E-state index contributed by atoms with van der Waals surface area (Å²) < 4.78 is 17.9. The number of nitriles is 1. The van der Waals surface area contributed by atoms with Crippen LogP contribution in [-0.4, -0.2) is 27.1 Å². The molecule has 1 aromatic heterocycles. The van der Waals surface area contributed by atoms with Crippen LogP contribution in [0.4, 0.5) is 0 Å². The standard InChI is InChI=1S/C28H32N2O2S2/c1-3-4-5-6-7-11-18-34(31)21-33-28-26(20-29)25(22-12-9-8-10-13-22)19-27(30-28)23-14-16-24(32-2)17-15-23/h8-10,12-17,19H,3-7,11,18,21H2,1-2H3. The van der Waals surface area contributed by atoms with E-state index in [2.05, 4.69) is 13.0 Å². The summed E-state index contributed by atoms with van der Waals surface area (Å²) in [7, 11) is 0.694. The monoisotopic (exact) mass is 492 g/mol. The average molecular weight is 493 g/mol. The molecule has 0 bridgehead atoms. The Kier molecular flexibility index (Phi) is 10.7. The van der Waals surface area contributed by atoms with Gasteiger partial charge in [-0.15, -0.1) is 0 Å². The number of unbranched alkanes of at least 4 members (excludes halogenated alkanes) is 5. The van der Waals surface area contributed by atoms with Crippen molar-refractivity contribution in [2.45, 2.75) is 50.5 Å². The molecule has 1 atom stereocenters. The minimum Gasteiger partial charge on any atom is -0.497 e. The molecule has 0 aliphatic rings. The van der Waals surface area contributed by atoms with Crippen LogP contribution in [0, 0.1) is 11.3 Å². The number of hydrogen-bond acceptors (Lipinski definition) is 5. The van der Waals surface area contributed by atoms with Crippen LogP contribution in [0.15, 0.2) is 65.7 Å². The minimum atomic E-state index is -0.948. The Hall–Kier alpha value is -2.62. The van der Waals surface area contributed by atoms with E-state index in [9.17, 15) is 9.47 Å². The first-order chi connectivity index (χ1) is 16.7. The third kappa shape index (κ3) is 7.44. The average Bonchev–Trinajstić information content (AvgIpc) is 2.89. The highest BCUT2D eigenvalue weighted by Crippen LogP contribution is 2.34. The van der Waals surface area contributed by atoms with Crippen LogP contribution in [0.3, 0.4) is 0 Å². The maximum atomic E-state index is 12.7. The van der Waals surface area contributed by atoms with Crippen molar-refractivity contribution in [2.75, 3.05) is 17.9 Å². The second-order valence-electron chi connectivity index (χ2n) is 8.12. The van der Waals surface area contributed by atoms with E-state index in [1.165, 1.54) is 37.4 Å². The summed E-state index contributed by atoms with van der Waals surface area (Å²) in [6.45, 7) is 2.21. The van der Waals surface area contributed by atoms with E-state index in [-0.39, 0.29) is 0 Å². The molecule has 0 spiro atoms. The lowest BCUT2D eigenvalue weighted by atomic mass is 9.99. The highest BCUT2D eigenvalue weighted by Gasteiger charge is 2.17. The van der Waals surface area contributed by atoms with Gasteiger partial charge in [0.1, 0.15) is 16.8 Å². The first-order valence-corrected chi connectivity index (χ1v) is 14.3. The van der Waals surface area contributed by atoms with Gasteiger partial charge in [0, 0.05) is 27.7 Å². The Balaban J connectivity index is 1.82. The van der Waals surface area contributed by atoms with Crippen molar-refractivity contribution >= 4 is 22.6 Å². The highest BCUT2D eigenvalue weighted by atomic mass is 32.2. The zero-order chi connectivity index (χ0) is 24.2. The van der Waals surface area contributed by atoms with Crippen molar-refractivity contribution in [1.29, 1.82) is 5.26 Å². The van der Waals surface area contributed by atoms with Crippen molar-refractivity contribution in [3.63, 3.8) is 0 Å². The highest BCUT2D eigenvalue weighted by molar-refractivity contribution is 8.10. The summed E-state index contributed by atoms with van der Waals surface area (Å²) in [5.74, 6) is 1.48. The molecule has 3 rings (SSSR count). The van der Waals surface area contributed by atoms with E-state index < -0.39 is 10.8 Å². The summed E-state index contributed by atoms with van der Waals surface area (Å²) in [6.07, 6.45) is 7.09. The van der Waals surface area contributed by atoms with Crippen LogP contribution in [0.5, 0.6) is 5.75 Å². The molecule has 0 saturated heterocycles. The van der Waals surface area contributed by atoms with Crippen molar-refractivity contribution in [3.8, 4) is 34.2 Å². The summed E-state index contributed by atoms with van der Waals surface area (Å²) in [6, 6.07) is 21.9. The van der Waals surface area contributed by atoms with Crippen LogP contribution in [-0.2, 0) is 10.8 Å². The largest absolute Gasteiger partial charge is 0.497 e. The maximum absolute atomic E-state index is 12.7. The van der Waals surface area contributed by atoms with Crippen molar-refractivity contribution < 1.29 is 8.95 Å². The molecule has 2 aromatic carbocycles. The Bertz CT molecular complexity index is 1110. The number of benzene rings is 2. The van der Waals surface area contributed by atoms with Gasteiger partial charge in [0.2, 0.25) is 0 Å². The number of aromatic nitrogens is 1. The molecule has 1 unspecified atom stereocenters. The molecule has 3 aromatic rings. The molecule has 0 fully saturated rings. The summed E-state index contributed by atoms with van der Waals surface area (Å²) in [5, 5.41) is 11.1. The summed E-state index contributed by atoms with van der Waals surface area (Å²) in [5.41, 5.74) is 4.06.